The van der Waals surface area contributed by atoms with E-state index in [2.05, 4.69) is 15.4 Å². The SMILES string of the molecule is C[C@@H]1CCCC[C@H]1NC(=O)NC(=O)COC(=O)c1cc(F)c(F)cc1Cl. The number of imide groups is 1. The number of rotatable bonds is 4. The third-order valence-electron chi connectivity index (χ3n) is 4.25. The number of ether oxygens (including phenoxy) is 1. The van der Waals surface area contributed by atoms with Gasteiger partial charge in [0.25, 0.3) is 5.91 Å². The van der Waals surface area contributed by atoms with Crippen LogP contribution in [0.25, 0.3) is 0 Å². The highest BCUT2D eigenvalue weighted by molar-refractivity contribution is 6.33. The summed E-state index contributed by atoms with van der Waals surface area (Å²) < 4.78 is 30.8. The summed E-state index contributed by atoms with van der Waals surface area (Å²) in [6.45, 7) is 1.26. The number of urea groups is 1. The number of amides is 3. The average Bonchev–Trinajstić information content (AvgIpc) is 2.58. The van der Waals surface area contributed by atoms with Crippen molar-refractivity contribution in [3.05, 3.63) is 34.4 Å². The summed E-state index contributed by atoms with van der Waals surface area (Å²) in [5.41, 5.74) is -0.418. The molecule has 0 radical (unpaired) electrons. The van der Waals surface area contributed by atoms with Crippen LogP contribution in [0.3, 0.4) is 0 Å². The quantitative estimate of drug-likeness (QED) is 0.613. The van der Waals surface area contributed by atoms with Crippen LogP contribution in [0.1, 0.15) is 43.0 Å². The highest BCUT2D eigenvalue weighted by atomic mass is 35.5. The van der Waals surface area contributed by atoms with Crippen molar-refractivity contribution in [1.82, 2.24) is 10.6 Å². The molecule has 2 N–H and O–H groups in total. The molecule has 142 valence electrons. The van der Waals surface area contributed by atoms with E-state index in [1.165, 1.54) is 0 Å². The van der Waals surface area contributed by atoms with Crippen molar-refractivity contribution >= 4 is 29.5 Å². The van der Waals surface area contributed by atoms with Gasteiger partial charge < -0.3 is 10.1 Å². The summed E-state index contributed by atoms with van der Waals surface area (Å²) in [4.78, 5) is 35.3. The Morgan fingerprint density at radius 2 is 1.85 bits per heavy atom. The second-order valence-corrected chi connectivity index (χ2v) is 6.62. The van der Waals surface area contributed by atoms with Gasteiger partial charge in [0.05, 0.1) is 10.6 Å². The molecule has 0 saturated heterocycles. The summed E-state index contributed by atoms with van der Waals surface area (Å²) in [5, 5.41) is 4.43. The van der Waals surface area contributed by atoms with Crippen molar-refractivity contribution in [2.45, 2.75) is 38.6 Å². The standard InChI is InChI=1S/C17H19ClF2N2O4/c1-9-4-2-3-5-14(9)21-17(25)22-15(23)8-26-16(24)10-6-12(19)13(20)7-11(10)18/h6-7,9,14H,2-5,8H2,1H3,(H2,21,22,23,25)/t9-,14-/m1/s1. The van der Waals surface area contributed by atoms with Crippen LogP contribution < -0.4 is 10.6 Å². The van der Waals surface area contributed by atoms with Gasteiger partial charge in [0.1, 0.15) is 0 Å². The third kappa shape index (κ3) is 5.39. The summed E-state index contributed by atoms with van der Waals surface area (Å²) >= 11 is 5.65. The first kappa shape index (κ1) is 20.1. The summed E-state index contributed by atoms with van der Waals surface area (Å²) in [5.74, 6) is -4.12. The van der Waals surface area contributed by atoms with Crippen LogP contribution in [0.2, 0.25) is 5.02 Å². The van der Waals surface area contributed by atoms with E-state index in [4.69, 9.17) is 11.6 Å². The molecule has 2 atom stereocenters. The second-order valence-electron chi connectivity index (χ2n) is 6.21. The molecule has 0 aliphatic heterocycles. The van der Waals surface area contributed by atoms with E-state index in [-0.39, 0.29) is 11.1 Å². The number of hydrogen-bond acceptors (Lipinski definition) is 4. The molecule has 26 heavy (non-hydrogen) atoms. The van der Waals surface area contributed by atoms with Crippen molar-refractivity contribution in [2.24, 2.45) is 5.92 Å². The van der Waals surface area contributed by atoms with Crippen LogP contribution in [0.15, 0.2) is 12.1 Å². The molecule has 0 unspecified atom stereocenters. The maximum atomic E-state index is 13.2. The molecule has 1 aromatic rings. The van der Waals surface area contributed by atoms with Gasteiger partial charge in [-0.05, 0) is 30.9 Å². The van der Waals surface area contributed by atoms with Crippen LogP contribution in [0.4, 0.5) is 13.6 Å². The largest absolute Gasteiger partial charge is 0.452 e. The minimum atomic E-state index is -1.27. The molecule has 0 aromatic heterocycles. The number of hydrogen-bond donors (Lipinski definition) is 2. The molecule has 2 rings (SSSR count). The van der Waals surface area contributed by atoms with E-state index in [1.807, 2.05) is 6.92 Å². The summed E-state index contributed by atoms with van der Waals surface area (Å²) in [6.07, 6.45) is 3.97. The zero-order chi connectivity index (χ0) is 19.3. The summed E-state index contributed by atoms with van der Waals surface area (Å²) in [6, 6.07) is 0.525. The zero-order valence-corrected chi connectivity index (χ0v) is 14.9. The first-order valence-electron chi connectivity index (χ1n) is 8.20. The normalized spacial score (nSPS) is 19.5. The Hall–Kier alpha value is -2.22. The Morgan fingerprint density at radius 3 is 2.54 bits per heavy atom. The molecule has 1 aromatic carbocycles. The van der Waals surface area contributed by atoms with E-state index in [0.717, 1.165) is 25.7 Å². The van der Waals surface area contributed by atoms with Gasteiger partial charge in [-0.3, -0.25) is 10.1 Å². The minimum Gasteiger partial charge on any atom is -0.452 e. The van der Waals surface area contributed by atoms with Crippen molar-refractivity contribution < 1.29 is 27.9 Å². The zero-order valence-electron chi connectivity index (χ0n) is 14.1. The molecule has 1 aliphatic carbocycles. The van der Waals surface area contributed by atoms with Crippen molar-refractivity contribution in [3.63, 3.8) is 0 Å². The van der Waals surface area contributed by atoms with Crippen LogP contribution in [0, 0.1) is 17.6 Å². The lowest BCUT2D eigenvalue weighted by Crippen LogP contribution is -2.48. The molecule has 1 aliphatic rings. The second kappa shape index (κ2) is 8.93. The molecule has 1 saturated carbocycles. The lowest BCUT2D eigenvalue weighted by atomic mass is 9.86. The number of esters is 1. The van der Waals surface area contributed by atoms with Gasteiger partial charge in [0.15, 0.2) is 18.2 Å². The van der Waals surface area contributed by atoms with Crippen LogP contribution >= 0.6 is 11.6 Å². The van der Waals surface area contributed by atoms with Crippen LogP contribution in [-0.4, -0.2) is 30.6 Å². The lowest BCUT2D eigenvalue weighted by Gasteiger charge is -2.29. The number of nitrogens with one attached hydrogen (secondary N) is 2. The fourth-order valence-electron chi connectivity index (χ4n) is 2.79. The predicted octanol–water partition coefficient (Wildman–Crippen LogP) is 3.18. The molecule has 6 nitrogen and oxygen atoms in total. The Labute approximate surface area is 154 Å². The Balaban J connectivity index is 1.81. The molecule has 3 amide bonds. The molecule has 0 spiro atoms. The third-order valence-corrected chi connectivity index (χ3v) is 4.56. The Morgan fingerprint density at radius 1 is 1.19 bits per heavy atom. The number of halogens is 3. The summed E-state index contributed by atoms with van der Waals surface area (Å²) in [7, 11) is 0. The van der Waals surface area contributed by atoms with Gasteiger partial charge in [0.2, 0.25) is 0 Å². The lowest BCUT2D eigenvalue weighted by molar-refractivity contribution is -0.123. The van der Waals surface area contributed by atoms with Gasteiger partial charge in [-0.15, -0.1) is 0 Å². The fourth-order valence-corrected chi connectivity index (χ4v) is 3.01. The molecule has 0 heterocycles. The van der Waals surface area contributed by atoms with Crippen molar-refractivity contribution in [2.75, 3.05) is 6.61 Å². The van der Waals surface area contributed by atoms with Crippen LogP contribution in [0.5, 0.6) is 0 Å². The first-order valence-corrected chi connectivity index (χ1v) is 8.57. The monoisotopic (exact) mass is 388 g/mol. The Kier molecular flexibility index (Phi) is 6.90. The number of carbonyl (C=O) groups excluding carboxylic acids is 3. The van der Waals surface area contributed by atoms with Gasteiger partial charge in [-0.25, -0.2) is 18.4 Å². The van der Waals surface area contributed by atoms with E-state index in [0.29, 0.717) is 18.1 Å². The smallest absolute Gasteiger partial charge is 0.340 e. The van der Waals surface area contributed by atoms with Gasteiger partial charge in [-0.1, -0.05) is 31.4 Å². The number of benzene rings is 1. The molecular weight excluding hydrogens is 370 g/mol. The van der Waals surface area contributed by atoms with E-state index in [1.54, 1.807) is 0 Å². The van der Waals surface area contributed by atoms with E-state index in [9.17, 15) is 23.2 Å². The van der Waals surface area contributed by atoms with Crippen LogP contribution in [-0.2, 0) is 9.53 Å². The van der Waals surface area contributed by atoms with Gasteiger partial charge in [-0.2, -0.15) is 0 Å². The highest BCUT2D eigenvalue weighted by Crippen LogP contribution is 2.23. The predicted molar refractivity (Wildman–Crippen MR) is 89.7 cm³/mol. The molecular formula is C17H19ClF2N2O4. The van der Waals surface area contributed by atoms with E-state index < -0.39 is 41.7 Å². The maximum Gasteiger partial charge on any atom is 0.340 e. The fraction of sp³-hybridized carbons (Fsp3) is 0.471. The maximum absolute atomic E-state index is 13.2. The van der Waals surface area contributed by atoms with Crippen molar-refractivity contribution in [1.29, 1.82) is 0 Å². The number of carbonyl (C=O) groups is 3. The highest BCUT2D eigenvalue weighted by Gasteiger charge is 2.24. The first-order chi connectivity index (χ1) is 12.3. The van der Waals surface area contributed by atoms with E-state index >= 15 is 0 Å². The minimum absolute atomic E-state index is 0.0138. The molecule has 9 heteroatoms. The average molecular weight is 389 g/mol. The Bertz CT molecular complexity index is 714. The van der Waals surface area contributed by atoms with Gasteiger partial charge >= 0.3 is 12.0 Å². The topological polar surface area (TPSA) is 84.5 Å². The molecule has 0 bridgehead atoms. The molecule has 1 fully saturated rings. The van der Waals surface area contributed by atoms with Crippen molar-refractivity contribution in [3.8, 4) is 0 Å². The van der Waals surface area contributed by atoms with Gasteiger partial charge in [0, 0.05) is 6.04 Å².